The molecule has 3 aliphatic carbocycles. The lowest BCUT2D eigenvalue weighted by molar-refractivity contribution is -0.155. The van der Waals surface area contributed by atoms with Crippen LogP contribution in [-0.2, 0) is 9.47 Å². The molecule has 2 unspecified atom stereocenters. The summed E-state index contributed by atoms with van der Waals surface area (Å²) in [4.78, 5) is 0. The lowest BCUT2D eigenvalue weighted by Gasteiger charge is -2.52. The number of hydrogen-bond donors (Lipinski definition) is 2. The summed E-state index contributed by atoms with van der Waals surface area (Å²) in [6.45, 7) is 17.9. The molecule has 3 fully saturated rings. The summed E-state index contributed by atoms with van der Waals surface area (Å²) in [6, 6.07) is 0. The third-order valence-electron chi connectivity index (χ3n) is 10.1. The third kappa shape index (κ3) is 5.98. The van der Waals surface area contributed by atoms with Crippen molar-refractivity contribution in [2.75, 3.05) is 13.9 Å². The molecule has 3 rings (SSSR count). The predicted molar refractivity (Wildman–Crippen MR) is 144 cm³/mol. The Kier molecular flexibility index (Phi) is 9.17. The van der Waals surface area contributed by atoms with E-state index >= 15 is 0 Å². The van der Waals surface area contributed by atoms with Crippen molar-refractivity contribution in [3.8, 4) is 0 Å². The molecule has 0 spiro atoms. The van der Waals surface area contributed by atoms with E-state index in [1.54, 1.807) is 7.11 Å². The third-order valence-corrected chi connectivity index (χ3v) is 10.1. The molecular formula is C31H52O4. The molecule has 0 aromatic carbocycles. The summed E-state index contributed by atoms with van der Waals surface area (Å²) >= 11 is 0. The highest BCUT2D eigenvalue weighted by molar-refractivity contribution is 5.33. The molecule has 0 radical (unpaired) electrons. The maximum Gasteiger partial charge on any atom is 0.147 e. The van der Waals surface area contributed by atoms with Crippen LogP contribution in [0.3, 0.4) is 0 Å². The van der Waals surface area contributed by atoms with Crippen molar-refractivity contribution in [2.24, 2.45) is 35.0 Å². The average Bonchev–Trinajstić information content (AvgIpc) is 3.16. The SMILES string of the molecule is C=C1CC[C@H](C)C/C1=C/C(O)C1(O)CCC[C@]2(C)[C@@H]([C@H](C)/C=C/[C@H](C)C(C)(C)OCOC)CC[C@@H]12. The summed E-state index contributed by atoms with van der Waals surface area (Å²) < 4.78 is 11.0. The van der Waals surface area contributed by atoms with Crippen LogP contribution in [0.4, 0.5) is 0 Å². The van der Waals surface area contributed by atoms with E-state index in [1.807, 2.05) is 6.08 Å². The summed E-state index contributed by atoms with van der Waals surface area (Å²) in [7, 11) is 1.65. The largest absolute Gasteiger partial charge is 0.387 e. The van der Waals surface area contributed by atoms with Crippen LogP contribution >= 0.6 is 0 Å². The van der Waals surface area contributed by atoms with Gasteiger partial charge >= 0.3 is 0 Å². The standard InChI is InChI=1S/C31H52O4/c1-21-10-11-22(2)25(18-21)19-28(32)31(33)17-9-16-30(7)26(14-15-27(30)31)23(3)12-13-24(4)29(5,6)35-20-34-8/h12-13,19,21,23-24,26-28,32-33H,2,9-11,14-18,20H2,1,3-8H3/b13-12+,25-19-/t21-,23+,24-,26+,27+,28?,30+,31?/m0/s1. The van der Waals surface area contributed by atoms with Crippen molar-refractivity contribution in [2.45, 2.75) is 110 Å². The molecule has 0 heterocycles. The maximum atomic E-state index is 12.0. The van der Waals surface area contributed by atoms with E-state index in [4.69, 9.17) is 9.47 Å². The first-order valence-electron chi connectivity index (χ1n) is 14.0. The monoisotopic (exact) mass is 488 g/mol. The molecule has 0 bridgehead atoms. The normalized spacial score (nSPS) is 38.0. The summed E-state index contributed by atoms with van der Waals surface area (Å²) in [5.41, 5.74) is 0.979. The first kappa shape index (κ1) is 28.6. The van der Waals surface area contributed by atoms with Crippen LogP contribution in [0.25, 0.3) is 0 Å². The number of rotatable bonds is 9. The van der Waals surface area contributed by atoms with Crippen molar-refractivity contribution in [3.63, 3.8) is 0 Å². The van der Waals surface area contributed by atoms with E-state index in [0.29, 0.717) is 31.0 Å². The maximum absolute atomic E-state index is 12.0. The van der Waals surface area contributed by atoms with Gasteiger partial charge in [-0.25, -0.2) is 0 Å². The second kappa shape index (κ2) is 11.2. The number of allylic oxidation sites excluding steroid dienone is 3. The van der Waals surface area contributed by atoms with Gasteiger partial charge in [0.1, 0.15) is 12.9 Å². The van der Waals surface area contributed by atoms with E-state index < -0.39 is 11.7 Å². The molecule has 3 aliphatic rings. The number of aliphatic hydroxyl groups excluding tert-OH is 1. The fraction of sp³-hybridized carbons (Fsp3) is 0.806. The molecule has 4 heteroatoms. The number of aliphatic hydroxyl groups is 2. The molecule has 0 aliphatic heterocycles. The van der Waals surface area contributed by atoms with Gasteiger partial charge in [0, 0.05) is 13.0 Å². The molecule has 2 N–H and O–H groups in total. The minimum Gasteiger partial charge on any atom is -0.387 e. The van der Waals surface area contributed by atoms with Crippen LogP contribution in [0, 0.1) is 35.0 Å². The Bertz CT molecular complexity index is 798. The second-order valence-corrected chi connectivity index (χ2v) is 12.9. The Balaban J connectivity index is 1.75. The van der Waals surface area contributed by atoms with Crippen LogP contribution in [0.5, 0.6) is 0 Å². The van der Waals surface area contributed by atoms with Crippen LogP contribution < -0.4 is 0 Å². The van der Waals surface area contributed by atoms with Gasteiger partial charge in [0.2, 0.25) is 0 Å². The molecule has 4 nitrogen and oxygen atoms in total. The quantitative estimate of drug-likeness (QED) is 0.276. The van der Waals surface area contributed by atoms with E-state index in [9.17, 15) is 10.2 Å². The highest BCUT2D eigenvalue weighted by atomic mass is 16.7. The lowest BCUT2D eigenvalue weighted by atomic mass is 9.56. The molecule has 0 saturated heterocycles. The first-order valence-corrected chi connectivity index (χ1v) is 14.0. The van der Waals surface area contributed by atoms with Gasteiger partial charge in [-0.05, 0) is 106 Å². The van der Waals surface area contributed by atoms with E-state index in [0.717, 1.165) is 49.7 Å². The number of ether oxygens (including phenoxy) is 2. The zero-order valence-corrected chi connectivity index (χ0v) is 23.5. The molecule has 200 valence electrons. The van der Waals surface area contributed by atoms with Crippen molar-refractivity contribution in [3.05, 3.63) is 36.0 Å². The number of hydrogen-bond acceptors (Lipinski definition) is 4. The topological polar surface area (TPSA) is 58.9 Å². The van der Waals surface area contributed by atoms with Crippen molar-refractivity contribution in [1.82, 2.24) is 0 Å². The van der Waals surface area contributed by atoms with Gasteiger partial charge in [-0.3, -0.25) is 0 Å². The Labute approximate surface area is 214 Å². The van der Waals surface area contributed by atoms with Gasteiger partial charge in [-0.15, -0.1) is 0 Å². The van der Waals surface area contributed by atoms with Gasteiger partial charge in [0.15, 0.2) is 0 Å². The highest BCUT2D eigenvalue weighted by Gasteiger charge is 2.59. The Hall–Kier alpha value is -0.940. The molecule has 0 aromatic heterocycles. The van der Waals surface area contributed by atoms with Crippen LogP contribution in [0.2, 0.25) is 0 Å². The van der Waals surface area contributed by atoms with Gasteiger partial charge in [-0.2, -0.15) is 0 Å². The minimum atomic E-state index is -1.05. The van der Waals surface area contributed by atoms with Gasteiger partial charge in [0.25, 0.3) is 0 Å². The van der Waals surface area contributed by atoms with Crippen LogP contribution in [0.15, 0.2) is 36.0 Å². The smallest absolute Gasteiger partial charge is 0.147 e. The molecule has 3 saturated carbocycles. The van der Waals surface area contributed by atoms with Crippen molar-refractivity contribution >= 4 is 0 Å². The van der Waals surface area contributed by atoms with E-state index in [1.165, 1.54) is 6.42 Å². The van der Waals surface area contributed by atoms with Gasteiger partial charge < -0.3 is 19.7 Å². The second-order valence-electron chi connectivity index (χ2n) is 12.9. The average molecular weight is 489 g/mol. The van der Waals surface area contributed by atoms with E-state index in [-0.39, 0.29) is 22.9 Å². The molecule has 0 aromatic rings. The predicted octanol–water partition coefficient (Wildman–Crippen LogP) is 6.82. The Morgan fingerprint density at radius 1 is 1.17 bits per heavy atom. The molecular weight excluding hydrogens is 436 g/mol. The van der Waals surface area contributed by atoms with Crippen LogP contribution in [0.1, 0.15) is 92.9 Å². The molecule has 8 atom stereocenters. The summed E-state index contributed by atoms with van der Waals surface area (Å²) in [5.74, 6) is 1.89. The molecule has 0 amide bonds. The van der Waals surface area contributed by atoms with Gasteiger partial charge in [-0.1, -0.05) is 52.0 Å². The van der Waals surface area contributed by atoms with E-state index in [2.05, 4.69) is 60.3 Å². The highest BCUT2D eigenvalue weighted by Crippen LogP contribution is 2.61. The summed E-state index contributed by atoms with van der Waals surface area (Å²) in [5, 5.41) is 23.4. The molecule has 35 heavy (non-hydrogen) atoms. The fourth-order valence-corrected chi connectivity index (χ4v) is 7.36. The minimum absolute atomic E-state index is 0.0262. The zero-order chi connectivity index (χ0) is 26.0. The zero-order valence-electron chi connectivity index (χ0n) is 23.5. The van der Waals surface area contributed by atoms with Crippen molar-refractivity contribution < 1.29 is 19.7 Å². The first-order chi connectivity index (χ1) is 16.3. The fourth-order valence-electron chi connectivity index (χ4n) is 7.36. The van der Waals surface area contributed by atoms with Gasteiger partial charge in [0.05, 0.1) is 11.2 Å². The Morgan fingerprint density at radius 3 is 2.57 bits per heavy atom. The number of methoxy groups -OCH3 is 1. The summed E-state index contributed by atoms with van der Waals surface area (Å²) in [6.07, 6.45) is 13.7. The lowest BCUT2D eigenvalue weighted by Crippen LogP contribution is -2.56. The van der Waals surface area contributed by atoms with Crippen molar-refractivity contribution in [1.29, 1.82) is 0 Å². The Morgan fingerprint density at radius 2 is 1.89 bits per heavy atom. The van der Waals surface area contributed by atoms with Crippen LogP contribution in [-0.4, -0.2) is 41.4 Å². The number of fused-ring (bicyclic) bond motifs is 1.